The van der Waals surface area contributed by atoms with Crippen molar-refractivity contribution in [1.82, 2.24) is 5.06 Å². The van der Waals surface area contributed by atoms with E-state index >= 15 is 0 Å². The van der Waals surface area contributed by atoms with E-state index in [0.29, 0.717) is 0 Å². The Morgan fingerprint density at radius 3 is 2.08 bits per heavy atom. The Balaban J connectivity index is 3.13. The summed E-state index contributed by atoms with van der Waals surface area (Å²) in [6, 6.07) is 1.85. The predicted molar refractivity (Wildman–Crippen MR) is 44.8 cm³/mol. The number of hydroxylamine groups is 2. The maximum Gasteiger partial charge on any atom is 0.229 e. The Hall–Kier alpha value is -1.08. The van der Waals surface area contributed by atoms with Gasteiger partial charge in [0.15, 0.2) is 0 Å². The van der Waals surface area contributed by atoms with Crippen molar-refractivity contribution >= 4 is 5.84 Å². The molecule has 0 fully saturated rings. The minimum atomic E-state index is -0.516. The molecule has 4 heteroatoms. The van der Waals surface area contributed by atoms with Crippen LogP contribution in [0.25, 0.3) is 0 Å². The highest BCUT2D eigenvalue weighted by Gasteiger charge is 2.48. The number of aliphatic imine (C=N–C) groups is 1. The van der Waals surface area contributed by atoms with Gasteiger partial charge in [0.2, 0.25) is 5.84 Å². The summed E-state index contributed by atoms with van der Waals surface area (Å²) in [6.07, 6.45) is 0. The van der Waals surface area contributed by atoms with Crippen molar-refractivity contribution in [2.75, 3.05) is 0 Å². The first-order valence-corrected chi connectivity index (χ1v) is 3.82. The summed E-state index contributed by atoms with van der Waals surface area (Å²) in [7, 11) is 0. The molecule has 0 amide bonds. The van der Waals surface area contributed by atoms with E-state index in [4.69, 9.17) is 5.26 Å². The summed E-state index contributed by atoms with van der Waals surface area (Å²) in [6.45, 7) is 7.48. The zero-order chi connectivity index (χ0) is 9.57. The maximum absolute atomic E-state index is 9.53. The Bertz CT molecular complexity index is 273. The van der Waals surface area contributed by atoms with Gasteiger partial charge in [-0.1, -0.05) is 0 Å². The third kappa shape index (κ3) is 0.901. The maximum atomic E-state index is 9.53. The van der Waals surface area contributed by atoms with Gasteiger partial charge in [0.05, 0.1) is 11.1 Å². The molecule has 0 radical (unpaired) electrons. The molecule has 0 aliphatic carbocycles. The Labute approximate surface area is 72.1 Å². The molecule has 12 heavy (non-hydrogen) atoms. The molecule has 0 saturated carbocycles. The molecule has 1 aliphatic rings. The second-order valence-corrected chi connectivity index (χ2v) is 3.98. The van der Waals surface area contributed by atoms with Crippen molar-refractivity contribution in [3.8, 4) is 6.07 Å². The first-order chi connectivity index (χ1) is 5.33. The summed E-state index contributed by atoms with van der Waals surface area (Å²) >= 11 is 0. The van der Waals surface area contributed by atoms with Crippen molar-refractivity contribution in [2.24, 2.45) is 4.99 Å². The molecule has 0 aromatic rings. The number of rotatable bonds is 0. The lowest BCUT2D eigenvalue weighted by molar-refractivity contribution is -0.0986. The zero-order valence-corrected chi connectivity index (χ0v) is 7.79. The molecule has 0 aromatic heterocycles. The summed E-state index contributed by atoms with van der Waals surface area (Å²) in [5.74, 6) is 0.0880. The number of hydrogen-bond donors (Lipinski definition) is 1. The van der Waals surface area contributed by atoms with Crippen molar-refractivity contribution in [2.45, 2.75) is 38.8 Å². The van der Waals surface area contributed by atoms with Gasteiger partial charge in [-0.2, -0.15) is 5.26 Å². The second-order valence-electron chi connectivity index (χ2n) is 3.98. The van der Waals surface area contributed by atoms with E-state index in [1.54, 1.807) is 0 Å². The quantitative estimate of drug-likeness (QED) is 0.589. The van der Waals surface area contributed by atoms with Crippen LogP contribution in [0, 0.1) is 11.3 Å². The van der Waals surface area contributed by atoms with Crippen LogP contribution < -0.4 is 0 Å². The third-order valence-corrected chi connectivity index (χ3v) is 2.71. The molecular weight excluding hydrogens is 154 g/mol. The fourth-order valence-corrected chi connectivity index (χ4v) is 1.05. The SMILES string of the molecule is CC1(C)N=C(C#N)N(O)C1(C)C. The molecular formula is C8H13N3O. The van der Waals surface area contributed by atoms with Crippen molar-refractivity contribution in [3.63, 3.8) is 0 Å². The summed E-state index contributed by atoms with van der Waals surface area (Å²) < 4.78 is 0. The van der Waals surface area contributed by atoms with E-state index in [1.807, 2.05) is 33.8 Å². The Morgan fingerprint density at radius 2 is 1.92 bits per heavy atom. The minimum absolute atomic E-state index is 0.0880. The van der Waals surface area contributed by atoms with Gasteiger partial charge in [0.1, 0.15) is 6.07 Å². The van der Waals surface area contributed by atoms with Gasteiger partial charge in [-0.05, 0) is 27.7 Å². The topological polar surface area (TPSA) is 59.6 Å². The van der Waals surface area contributed by atoms with E-state index in [2.05, 4.69) is 4.99 Å². The molecule has 1 rings (SSSR count). The average molecular weight is 167 g/mol. The molecule has 0 atom stereocenters. The van der Waals surface area contributed by atoms with Crippen molar-refractivity contribution in [3.05, 3.63) is 0 Å². The molecule has 1 heterocycles. The van der Waals surface area contributed by atoms with Crippen LogP contribution in [-0.4, -0.2) is 27.2 Å². The molecule has 0 aromatic carbocycles. The first-order valence-electron chi connectivity index (χ1n) is 3.82. The smallest absolute Gasteiger partial charge is 0.229 e. The van der Waals surface area contributed by atoms with Gasteiger partial charge in [0, 0.05) is 0 Å². The fourth-order valence-electron chi connectivity index (χ4n) is 1.05. The molecule has 0 unspecified atom stereocenters. The molecule has 1 N–H and O–H groups in total. The highest BCUT2D eigenvalue weighted by atomic mass is 16.5. The molecule has 66 valence electrons. The number of nitriles is 1. The monoisotopic (exact) mass is 167 g/mol. The lowest BCUT2D eigenvalue weighted by Gasteiger charge is -2.36. The van der Waals surface area contributed by atoms with Gasteiger partial charge < -0.3 is 0 Å². The van der Waals surface area contributed by atoms with Crippen LogP contribution in [0.4, 0.5) is 0 Å². The van der Waals surface area contributed by atoms with Crippen LogP contribution in [0.1, 0.15) is 27.7 Å². The third-order valence-electron chi connectivity index (χ3n) is 2.71. The molecule has 1 aliphatic heterocycles. The number of hydrogen-bond acceptors (Lipinski definition) is 4. The van der Waals surface area contributed by atoms with Crippen LogP contribution in [0.15, 0.2) is 4.99 Å². The molecule has 0 saturated heterocycles. The van der Waals surface area contributed by atoms with Crippen molar-refractivity contribution in [1.29, 1.82) is 5.26 Å². The number of amidine groups is 1. The van der Waals surface area contributed by atoms with E-state index < -0.39 is 11.1 Å². The molecule has 0 spiro atoms. The van der Waals surface area contributed by atoms with E-state index in [-0.39, 0.29) is 5.84 Å². The van der Waals surface area contributed by atoms with E-state index in [9.17, 15) is 5.21 Å². The van der Waals surface area contributed by atoms with Crippen LogP contribution in [0.2, 0.25) is 0 Å². The predicted octanol–water partition coefficient (Wildman–Crippen LogP) is 1.17. The summed E-state index contributed by atoms with van der Waals surface area (Å²) in [4.78, 5) is 4.10. The highest BCUT2D eigenvalue weighted by molar-refractivity contribution is 5.98. The standard InChI is InChI=1S/C8H13N3O/c1-7(2)8(3,4)11(12)6(5-9)10-7/h12H,1-4H3. The molecule has 4 nitrogen and oxygen atoms in total. The normalized spacial score (nSPS) is 25.0. The van der Waals surface area contributed by atoms with E-state index in [1.165, 1.54) is 0 Å². The van der Waals surface area contributed by atoms with Crippen LogP contribution in [-0.2, 0) is 0 Å². The van der Waals surface area contributed by atoms with Gasteiger partial charge in [0.25, 0.3) is 0 Å². The lowest BCUT2D eigenvalue weighted by Crippen LogP contribution is -2.51. The van der Waals surface area contributed by atoms with Gasteiger partial charge in [-0.3, -0.25) is 5.21 Å². The molecule has 0 bridgehead atoms. The average Bonchev–Trinajstić information content (AvgIpc) is 2.11. The number of nitrogens with zero attached hydrogens (tertiary/aromatic N) is 3. The highest BCUT2D eigenvalue weighted by Crippen LogP contribution is 2.35. The van der Waals surface area contributed by atoms with Gasteiger partial charge >= 0.3 is 0 Å². The lowest BCUT2D eigenvalue weighted by atomic mass is 9.84. The van der Waals surface area contributed by atoms with Crippen LogP contribution in [0.5, 0.6) is 0 Å². The summed E-state index contributed by atoms with van der Waals surface area (Å²) in [5.41, 5.74) is -0.940. The van der Waals surface area contributed by atoms with Crippen LogP contribution >= 0.6 is 0 Å². The largest absolute Gasteiger partial charge is 0.286 e. The first kappa shape index (κ1) is 9.01. The van der Waals surface area contributed by atoms with Gasteiger partial charge in [-0.15, -0.1) is 0 Å². The van der Waals surface area contributed by atoms with E-state index in [0.717, 1.165) is 5.06 Å². The summed E-state index contributed by atoms with van der Waals surface area (Å²) in [5, 5.41) is 19.1. The van der Waals surface area contributed by atoms with Crippen molar-refractivity contribution < 1.29 is 5.21 Å². The van der Waals surface area contributed by atoms with Gasteiger partial charge in [-0.25, -0.2) is 10.1 Å². The second kappa shape index (κ2) is 2.20. The minimum Gasteiger partial charge on any atom is -0.286 e. The zero-order valence-electron chi connectivity index (χ0n) is 7.79. The Kier molecular flexibility index (Phi) is 1.66. The Morgan fingerprint density at radius 1 is 1.42 bits per heavy atom. The van der Waals surface area contributed by atoms with Crippen LogP contribution in [0.3, 0.4) is 0 Å². The fraction of sp³-hybridized carbons (Fsp3) is 0.750.